The van der Waals surface area contributed by atoms with Gasteiger partial charge in [-0.05, 0) is 17.7 Å². The van der Waals surface area contributed by atoms with E-state index in [1.54, 1.807) is 25.2 Å². The maximum atomic E-state index is 12.9. The molecule has 0 aliphatic carbocycles. The standard InChI is InChI=1S/C14H14Cl2FN3O2/c1-19-8-11(13(6-17)18-19)14(21)20(22-2)7-9-3-4-10(15)5-12(9)16/h3-5,8H,6-7H2,1-2H3. The first-order valence-electron chi connectivity index (χ1n) is 6.34. The summed E-state index contributed by atoms with van der Waals surface area (Å²) in [4.78, 5) is 17.6. The van der Waals surface area contributed by atoms with E-state index in [2.05, 4.69) is 5.10 Å². The average molecular weight is 346 g/mol. The first kappa shape index (κ1) is 16.7. The predicted octanol–water partition coefficient (Wildman–Crippen LogP) is 3.40. The van der Waals surface area contributed by atoms with Gasteiger partial charge in [0.05, 0.1) is 19.2 Å². The topological polar surface area (TPSA) is 47.4 Å². The number of hydroxylamine groups is 2. The number of benzene rings is 1. The fourth-order valence-electron chi connectivity index (χ4n) is 1.97. The minimum atomic E-state index is -0.832. The second-order valence-corrected chi connectivity index (χ2v) is 5.40. The Morgan fingerprint density at radius 2 is 2.18 bits per heavy atom. The molecule has 0 atom stereocenters. The maximum Gasteiger partial charge on any atom is 0.281 e. The molecule has 1 heterocycles. The molecule has 0 spiro atoms. The Kier molecular flexibility index (Phi) is 5.39. The molecular formula is C14H14Cl2FN3O2. The molecule has 0 aliphatic rings. The van der Waals surface area contributed by atoms with Gasteiger partial charge in [-0.2, -0.15) is 5.10 Å². The van der Waals surface area contributed by atoms with Gasteiger partial charge in [0, 0.05) is 23.3 Å². The molecule has 5 nitrogen and oxygen atoms in total. The van der Waals surface area contributed by atoms with Crippen molar-refractivity contribution in [3.05, 3.63) is 51.3 Å². The van der Waals surface area contributed by atoms with Crippen molar-refractivity contribution in [2.75, 3.05) is 7.11 Å². The van der Waals surface area contributed by atoms with Gasteiger partial charge in [-0.3, -0.25) is 14.3 Å². The summed E-state index contributed by atoms with van der Waals surface area (Å²) in [6.45, 7) is -0.729. The molecule has 2 aromatic rings. The van der Waals surface area contributed by atoms with Crippen LogP contribution in [0, 0.1) is 0 Å². The highest BCUT2D eigenvalue weighted by Crippen LogP contribution is 2.23. The summed E-state index contributed by atoms with van der Waals surface area (Å²) in [6, 6.07) is 4.94. The monoisotopic (exact) mass is 345 g/mol. The van der Waals surface area contributed by atoms with Crippen molar-refractivity contribution >= 4 is 29.1 Å². The van der Waals surface area contributed by atoms with Gasteiger partial charge >= 0.3 is 0 Å². The number of carbonyl (C=O) groups excluding carboxylic acids is 1. The Bertz CT molecular complexity index is 691. The van der Waals surface area contributed by atoms with Gasteiger partial charge in [-0.1, -0.05) is 29.3 Å². The zero-order valence-corrected chi connectivity index (χ0v) is 13.5. The number of halogens is 3. The lowest BCUT2D eigenvalue weighted by Gasteiger charge is -2.20. The van der Waals surface area contributed by atoms with Crippen molar-refractivity contribution in [2.24, 2.45) is 7.05 Å². The summed E-state index contributed by atoms with van der Waals surface area (Å²) in [5.41, 5.74) is 0.876. The molecule has 0 unspecified atom stereocenters. The van der Waals surface area contributed by atoms with Crippen molar-refractivity contribution in [3.63, 3.8) is 0 Å². The lowest BCUT2D eigenvalue weighted by atomic mass is 10.2. The summed E-state index contributed by atoms with van der Waals surface area (Å²) in [5.74, 6) is -0.491. The Balaban J connectivity index is 2.25. The summed E-state index contributed by atoms with van der Waals surface area (Å²) < 4.78 is 14.3. The van der Waals surface area contributed by atoms with Crippen LogP contribution in [0.3, 0.4) is 0 Å². The Morgan fingerprint density at radius 1 is 1.45 bits per heavy atom. The molecule has 0 aliphatic heterocycles. The normalized spacial score (nSPS) is 10.8. The van der Waals surface area contributed by atoms with Crippen molar-refractivity contribution in [2.45, 2.75) is 13.2 Å². The number of amides is 1. The van der Waals surface area contributed by atoms with Gasteiger partial charge in [0.1, 0.15) is 12.4 Å². The van der Waals surface area contributed by atoms with Crippen LogP contribution in [0.5, 0.6) is 0 Å². The van der Waals surface area contributed by atoms with Crippen LogP contribution in [-0.2, 0) is 25.1 Å². The van der Waals surface area contributed by atoms with E-state index in [4.69, 9.17) is 28.0 Å². The van der Waals surface area contributed by atoms with Crippen molar-refractivity contribution in [1.82, 2.24) is 14.8 Å². The Labute approximate surface area is 137 Å². The molecular weight excluding hydrogens is 332 g/mol. The smallest absolute Gasteiger partial charge is 0.275 e. The molecule has 1 aromatic heterocycles. The number of hydrogen-bond donors (Lipinski definition) is 0. The number of hydrogen-bond acceptors (Lipinski definition) is 3. The molecule has 2 rings (SSSR count). The van der Waals surface area contributed by atoms with E-state index in [-0.39, 0.29) is 17.8 Å². The predicted molar refractivity (Wildman–Crippen MR) is 81.4 cm³/mol. The van der Waals surface area contributed by atoms with Gasteiger partial charge in [0.25, 0.3) is 5.91 Å². The van der Waals surface area contributed by atoms with Crippen LogP contribution in [-0.4, -0.2) is 27.9 Å². The molecule has 1 aromatic carbocycles. The molecule has 8 heteroatoms. The van der Waals surface area contributed by atoms with Crippen LogP contribution in [0.1, 0.15) is 21.6 Å². The summed E-state index contributed by atoms with van der Waals surface area (Å²) in [6.07, 6.45) is 1.45. The van der Waals surface area contributed by atoms with Crippen LogP contribution in [0.15, 0.2) is 24.4 Å². The molecule has 22 heavy (non-hydrogen) atoms. The van der Waals surface area contributed by atoms with E-state index < -0.39 is 12.6 Å². The first-order valence-corrected chi connectivity index (χ1v) is 7.10. The molecule has 1 amide bonds. The van der Waals surface area contributed by atoms with Crippen LogP contribution in [0.4, 0.5) is 4.39 Å². The zero-order valence-electron chi connectivity index (χ0n) is 12.0. The fourth-order valence-corrected chi connectivity index (χ4v) is 2.44. The summed E-state index contributed by atoms with van der Waals surface area (Å²) >= 11 is 11.9. The highest BCUT2D eigenvalue weighted by atomic mass is 35.5. The van der Waals surface area contributed by atoms with E-state index in [0.29, 0.717) is 15.6 Å². The average Bonchev–Trinajstić information content (AvgIpc) is 2.87. The second kappa shape index (κ2) is 7.09. The number of aromatic nitrogens is 2. The highest BCUT2D eigenvalue weighted by Gasteiger charge is 2.22. The molecule has 0 bridgehead atoms. The minimum Gasteiger partial charge on any atom is -0.275 e. The van der Waals surface area contributed by atoms with Crippen LogP contribution >= 0.6 is 23.2 Å². The van der Waals surface area contributed by atoms with E-state index >= 15 is 0 Å². The lowest BCUT2D eigenvalue weighted by molar-refractivity contribution is -0.102. The number of aryl methyl sites for hydroxylation is 1. The van der Waals surface area contributed by atoms with Gasteiger partial charge in [-0.25, -0.2) is 9.45 Å². The van der Waals surface area contributed by atoms with Crippen molar-refractivity contribution in [1.29, 1.82) is 0 Å². The fraction of sp³-hybridized carbons (Fsp3) is 0.286. The zero-order chi connectivity index (χ0) is 16.3. The highest BCUT2D eigenvalue weighted by molar-refractivity contribution is 6.35. The molecule has 118 valence electrons. The third kappa shape index (κ3) is 3.58. The largest absolute Gasteiger partial charge is 0.281 e. The SMILES string of the molecule is CON(Cc1ccc(Cl)cc1Cl)C(=O)c1cn(C)nc1CF. The van der Waals surface area contributed by atoms with E-state index in [1.165, 1.54) is 18.0 Å². The van der Waals surface area contributed by atoms with E-state index in [9.17, 15) is 9.18 Å². The Hall–Kier alpha value is -1.63. The van der Waals surface area contributed by atoms with Crippen LogP contribution in [0.2, 0.25) is 10.0 Å². The van der Waals surface area contributed by atoms with Crippen molar-refractivity contribution in [3.8, 4) is 0 Å². The molecule has 0 saturated heterocycles. The quantitative estimate of drug-likeness (QED) is 0.780. The summed E-state index contributed by atoms with van der Waals surface area (Å²) in [5, 5.41) is 5.90. The first-order chi connectivity index (χ1) is 10.5. The van der Waals surface area contributed by atoms with Gasteiger partial charge in [0.2, 0.25) is 0 Å². The van der Waals surface area contributed by atoms with Crippen molar-refractivity contribution < 1.29 is 14.0 Å². The Morgan fingerprint density at radius 3 is 2.77 bits per heavy atom. The minimum absolute atomic E-state index is 0.0664. The molecule has 0 N–H and O–H groups in total. The van der Waals surface area contributed by atoms with Gasteiger partial charge < -0.3 is 0 Å². The lowest BCUT2D eigenvalue weighted by Crippen LogP contribution is -2.30. The number of alkyl halides is 1. The summed E-state index contributed by atoms with van der Waals surface area (Å²) in [7, 11) is 2.97. The molecule has 0 saturated carbocycles. The van der Waals surface area contributed by atoms with Gasteiger partial charge in [0.15, 0.2) is 0 Å². The molecule has 0 radical (unpaired) electrons. The second-order valence-electron chi connectivity index (χ2n) is 4.56. The van der Waals surface area contributed by atoms with E-state index in [1.807, 2.05) is 0 Å². The maximum absolute atomic E-state index is 12.9. The number of nitrogens with zero attached hydrogens (tertiary/aromatic N) is 3. The third-order valence-corrected chi connectivity index (χ3v) is 3.63. The third-order valence-electron chi connectivity index (χ3n) is 3.04. The van der Waals surface area contributed by atoms with Gasteiger partial charge in [-0.15, -0.1) is 0 Å². The molecule has 0 fully saturated rings. The number of rotatable bonds is 5. The van der Waals surface area contributed by atoms with Crippen LogP contribution in [0.25, 0.3) is 0 Å². The van der Waals surface area contributed by atoms with Crippen LogP contribution < -0.4 is 0 Å². The number of carbonyl (C=O) groups is 1. The van der Waals surface area contributed by atoms with E-state index in [0.717, 1.165) is 5.06 Å².